The lowest BCUT2D eigenvalue weighted by atomic mass is 9.92. The molecule has 2 aromatic carbocycles. The quantitative estimate of drug-likeness (QED) is 0.879. The molecule has 1 aliphatic heterocycles. The molecule has 4 heteroatoms. The highest BCUT2D eigenvalue weighted by molar-refractivity contribution is 5.93. The summed E-state index contributed by atoms with van der Waals surface area (Å²) in [6, 6.07) is 17.2. The Morgan fingerprint density at radius 3 is 2.40 bits per heavy atom. The molecule has 132 valence electrons. The Hall–Kier alpha value is -2.33. The number of rotatable bonds is 5. The second-order valence-electron chi connectivity index (χ2n) is 7.24. The molecule has 1 heterocycles. The van der Waals surface area contributed by atoms with Crippen LogP contribution in [0.2, 0.25) is 0 Å². The van der Waals surface area contributed by atoms with E-state index in [1.807, 2.05) is 54.6 Å². The number of benzene rings is 2. The maximum Gasteiger partial charge on any atom is 0.279 e. The third-order valence-corrected chi connectivity index (χ3v) is 4.62. The van der Waals surface area contributed by atoms with Crippen LogP contribution in [-0.4, -0.2) is 25.5 Å². The predicted octanol–water partition coefficient (Wildman–Crippen LogP) is 2.98. The average Bonchev–Trinajstić information content (AvgIpc) is 2.56. The van der Waals surface area contributed by atoms with E-state index in [2.05, 4.69) is 19.2 Å². The number of nitrogens with one attached hydrogen (secondary N) is 2. The van der Waals surface area contributed by atoms with Crippen LogP contribution in [0.3, 0.4) is 0 Å². The number of ether oxygens (including phenoxy) is 1. The molecule has 0 radical (unpaired) electrons. The van der Waals surface area contributed by atoms with Crippen molar-refractivity contribution in [2.45, 2.75) is 20.3 Å². The van der Waals surface area contributed by atoms with Crippen LogP contribution in [0, 0.1) is 11.8 Å². The Balaban J connectivity index is 1.63. The lowest BCUT2D eigenvalue weighted by Gasteiger charge is -2.31. The summed E-state index contributed by atoms with van der Waals surface area (Å²) in [5, 5.41) is 3.02. The van der Waals surface area contributed by atoms with Crippen molar-refractivity contribution >= 4 is 11.6 Å². The van der Waals surface area contributed by atoms with Crippen LogP contribution in [0.25, 0.3) is 0 Å². The summed E-state index contributed by atoms with van der Waals surface area (Å²) in [5.41, 5.74) is 0.717. The Morgan fingerprint density at radius 2 is 1.68 bits per heavy atom. The van der Waals surface area contributed by atoms with E-state index in [0.29, 0.717) is 29.8 Å². The normalized spacial score (nSPS) is 23.0. The first-order chi connectivity index (χ1) is 12.1. The van der Waals surface area contributed by atoms with Gasteiger partial charge in [0.15, 0.2) is 12.3 Å². The van der Waals surface area contributed by atoms with Crippen LogP contribution in [-0.2, 0) is 4.79 Å². The molecule has 25 heavy (non-hydrogen) atoms. The predicted molar refractivity (Wildman–Crippen MR) is 100 cm³/mol. The molecule has 1 fully saturated rings. The number of anilines is 1. The Labute approximate surface area is 149 Å². The van der Waals surface area contributed by atoms with E-state index in [1.54, 1.807) is 0 Å². The molecule has 0 bridgehead atoms. The molecular weight excluding hydrogens is 312 g/mol. The van der Waals surface area contributed by atoms with Crippen molar-refractivity contribution in [2.75, 3.05) is 25.0 Å². The van der Waals surface area contributed by atoms with Gasteiger partial charge < -0.3 is 15.0 Å². The fourth-order valence-corrected chi connectivity index (χ4v) is 3.76. The van der Waals surface area contributed by atoms with Crippen LogP contribution in [0.4, 0.5) is 5.69 Å². The van der Waals surface area contributed by atoms with Gasteiger partial charge in [0.05, 0.1) is 18.8 Å². The first-order valence-electron chi connectivity index (χ1n) is 9.05. The Morgan fingerprint density at radius 1 is 1.04 bits per heavy atom. The fourth-order valence-electron chi connectivity index (χ4n) is 3.76. The minimum absolute atomic E-state index is 0.0420. The molecule has 2 aromatic rings. The molecule has 4 nitrogen and oxygen atoms in total. The summed E-state index contributed by atoms with van der Waals surface area (Å²) < 4.78 is 5.91. The zero-order valence-corrected chi connectivity index (χ0v) is 15.0. The van der Waals surface area contributed by atoms with Gasteiger partial charge in [-0.2, -0.15) is 0 Å². The number of carbonyl (C=O) groups excluding carboxylic acids is 1. The number of piperidine rings is 1. The summed E-state index contributed by atoms with van der Waals surface area (Å²) in [4.78, 5) is 13.9. The number of hydrogen-bond donors (Lipinski definition) is 2. The van der Waals surface area contributed by atoms with Gasteiger partial charge in [-0.25, -0.2) is 0 Å². The van der Waals surface area contributed by atoms with Crippen molar-refractivity contribution in [3.8, 4) is 11.5 Å². The minimum atomic E-state index is 0.0420. The summed E-state index contributed by atoms with van der Waals surface area (Å²) in [7, 11) is 0. The third kappa shape index (κ3) is 5.07. The fraction of sp³-hybridized carbons (Fsp3) is 0.381. The number of quaternary nitrogens is 1. The van der Waals surface area contributed by atoms with E-state index in [4.69, 9.17) is 4.74 Å². The molecule has 3 rings (SSSR count). The molecule has 1 amide bonds. The molecule has 2 N–H and O–H groups in total. The standard InChI is InChI=1S/C21H26N2O2/c1-16-12-17(2)14-23(13-16)15-21(24)22-19-10-6-7-11-20(19)25-18-8-4-3-5-9-18/h3-11,16-17H,12-15H2,1-2H3,(H,22,24)/p+1/t16-,17-/m1/s1. The minimum Gasteiger partial charge on any atom is -0.455 e. The maximum absolute atomic E-state index is 12.5. The molecule has 0 unspecified atom stereocenters. The van der Waals surface area contributed by atoms with Crippen LogP contribution in [0.1, 0.15) is 20.3 Å². The number of amides is 1. The van der Waals surface area contributed by atoms with E-state index < -0.39 is 0 Å². The van der Waals surface area contributed by atoms with E-state index >= 15 is 0 Å². The van der Waals surface area contributed by atoms with Crippen molar-refractivity contribution in [3.05, 3.63) is 54.6 Å². The molecule has 1 saturated heterocycles. The van der Waals surface area contributed by atoms with Crippen molar-refractivity contribution in [2.24, 2.45) is 11.8 Å². The lowest BCUT2D eigenvalue weighted by Crippen LogP contribution is -3.15. The van der Waals surface area contributed by atoms with E-state index in [-0.39, 0.29) is 5.91 Å². The van der Waals surface area contributed by atoms with E-state index in [1.165, 1.54) is 11.3 Å². The first-order valence-corrected chi connectivity index (χ1v) is 9.05. The number of carbonyl (C=O) groups is 1. The average molecular weight is 339 g/mol. The molecule has 0 spiro atoms. The van der Waals surface area contributed by atoms with E-state index in [9.17, 15) is 4.79 Å². The SMILES string of the molecule is C[C@@H]1C[C@@H](C)C[NH+](CC(=O)Nc2ccccc2Oc2ccccc2)C1. The summed E-state index contributed by atoms with van der Waals surface area (Å²) in [6.45, 7) is 7.20. The van der Waals surface area contributed by atoms with Crippen LogP contribution >= 0.6 is 0 Å². The second-order valence-corrected chi connectivity index (χ2v) is 7.24. The molecule has 0 saturated carbocycles. The monoisotopic (exact) mass is 339 g/mol. The first kappa shape index (κ1) is 17.5. The van der Waals surface area contributed by atoms with Crippen molar-refractivity contribution < 1.29 is 14.4 Å². The zero-order valence-electron chi connectivity index (χ0n) is 15.0. The molecule has 0 aromatic heterocycles. The van der Waals surface area contributed by atoms with Crippen molar-refractivity contribution in [3.63, 3.8) is 0 Å². The van der Waals surface area contributed by atoms with Gasteiger partial charge in [-0.3, -0.25) is 4.79 Å². The van der Waals surface area contributed by atoms with Gasteiger partial charge in [-0.15, -0.1) is 0 Å². The van der Waals surface area contributed by atoms with Crippen molar-refractivity contribution in [1.29, 1.82) is 0 Å². The van der Waals surface area contributed by atoms with Gasteiger partial charge in [0, 0.05) is 11.8 Å². The zero-order chi connectivity index (χ0) is 17.6. The largest absolute Gasteiger partial charge is 0.455 e. The van der Waals surface area contributed by atoms with Crippen LogP contribution in [0.15, 0.2) is 54.6 Å². The summed E-state index contributed by atoms with van der Waals surface area (Å²) in [5.74, 6) is 2.83. The van der Waals surface area contributed by atoms with Gasteiger partial charge in [-0.1, -0.05) is 44.2 Å². The summed E-state index contributed by atoms with van der Waals surface area (Å²) in [6.07, 6.45) is 1.26. The molecule has 0 aliphatic carbocycles. The highest BCUT2D eigenvalue weighted by Crippen LogP contribution is 2.28. The highest BCUT2D eigenvalue weighted by atomic mass is 16.5. The molecular formula is C21H27N2O2+. The summed E-state index contributed by atoms with van der Waals surface area (Å²) >= 11 is 0. The topological polar surface area (TPSA) is 42.8 Å². The molecule has 1 aliphatic rings. The Kier molecular flexibility index (Phi) is 5.71. The lowest BCUT2D eigenvalue weighted by molar-refractivity contribution is -0.904. The second kappa shape index (κ2) is 8.17. The number of likely N-dealkylation sites (tertiary alicyclic amines) is 1. The van der Waals surface area contributed by atoms with Crippen LogP contribution in [0.5, 0.6) is 11.5 Å². The third-order valence-electron chi connectivity index (χ3n) is 4.62. The van der Waals surface area contributed by atoms with Gasteiger partial charge in [0.1, 0.15) is 5.75 Å². The van der Waals surface area contributed by atoms with Gasteiger partial charge >= 0.3 is 0 Å². The smallest absolute Gasteiger partial charge is 0.279 e. The van der Waals surface area contributed by atoms with Gasteiger partial charge in [0.2, 0.25) is 0 Å². The Bertz CT molecular complexity index is 692. The maximum atomic E-state index is 12.5. The molecule has 2 atom stereocenters. The van der Waals surface area contributed by atoms with Crippen molar-refractivity contribution in [1.82, 2.24) is 0 Å². The van der Waals surface area contributed by atoms with E-state index in [0.717, 1.165) is 18.8 Å². The van der Waals surface area contributed by atoms with Crippen LogP contribution < -0.4 is 15.0 Å². The number of para-hydroxylation sites is 3. The van der Waals surface area contributed by atoms with Gasteiger partial charge in [-0.05, 0) is 30.7 Å². The number of hydrogen-bond acceptors (Lipinski definition) is 2. The van der Waals surface area contributed by atoms with Gasteiger partial charge in [0.25, 0.3) is 5.91 Å². The highest BCUT2D eigenvalue weighted by Gasteiger charge is 2.26.